The third-order valence-corrected chi connectivity index (χ3v) is 11.0. The second kappa shape index (κ2) is 10.3. The Balaban J connectivity index is 1.75. The number of hydrogen-bond donors (Lipinski definition) is 2. The van der Waals surface area contributed by atoms with E-state index >= 15 is 0 Å². The van der Waals surface area contributed by atoms with E-state index < -0.39 is 5.60 Å². The van der Waals surface area contributed by atoms with Crippen molar-refractivity contribution >= 4 is 0 Å². The van der Waals surface area contributed by atoms with Gasteiger partial charge in [0.15, 0.2) is 0 Å². The van der Waals surface area contributed by atoms with E-state index in [1.807, 2.05) is 0 Å². The van der Waals surface area contributed by atoms with Crippen molar-refractivity contribution < 1.29 is 14.9 Å². The Kier molecular flexibility index (Phi) is 8.64. The highest BCUT2D eigenvalue weighted by Gasteiger charge is 2.61. The van der Waals surface area contributed by atoms with E-state index in [4.69, 9.17) is 4.74 Å². The van der Waals surface area contributed by atoms with E-state index in [9.17, 15) is 10.2 Å². The summed E-state index contributed by atoms with van der Waals surface area (Å²) in [6.07, 6.45) is 11.8. The summed E-state index contributed by atoms with van der Waals surface area (Å²) >= 11 is 0. The van der Waals surface area contributed by atoms with Crippen molar-refractivity contribution in [2.45, 2.75) is 144 Å². The van der Waals surface area contributed by atoms with Crippen LogP contribution in [-0.2, 0) is 4.74 Å². The van der Waals surface area contributed by atoms with Gasteiger partial charge in [0.2, 0.25) is 0 Å². The molecule has 0 radical (unpaired) electrons. The third kappa shape index (κ3) is 5.57. The second-order valence-electron chi connectivity index (χ2n) is 14.9. The van der Waals surface area contributed by atoms with Crippen molar-refractivity contribution in [3.63, 3.8) is 0 Å². The molecule has 3 rings (SSSR count). The molecule has 34 heavy (non-hydrogen) atoms. The fourth-order valence-corrected chi connectivity index (χ4v) is 9.05. The molecule has 3 aliphatic rings. The predicted octanol–water partition coefficient (Wildman–Crippen LogP) is 7.62. The number of ether oxygens (including phenoxy) is 1. The largest absolute Gasteiger partial charge is 0.396 e. The van der Waals surface area contributed by atoms with Crippen LogP contribution in [0.4, 0.5) is 0 Å². The molecule has 3 saturated carbocycles. The monoisotopic (exact) mass is 478 g/mol. The molecule has 0 amide bonds. The van der Waals surface area contributed by atoms with Crippen LogP contribution in [-0.4, -0.2) is 34.1 Å². The average Bonchev–Trinajstić information content (AvgIpc) is 3.05. The topological polar surface area (TPSA) is 49.7 Å². The zero-order chi connectivity index (χ0) is 25.5. The summed E-state index contributed by atoms with van der Waals surface area (Å²) in [5, 5.41) is 22.6. The number of rotatable bonds is 8. The van der Waals surface area contributed by atoms with Crippen LogP contribution in [0, 0.1) is 46.3 Å². The molecule has 3 nitrogen and oxygen atoms in total. The first kappa shape index (κ1) is 28.5. The summed E-state index contributed by atoms with van der Waals surface area (Å²) in [6, 6.07) is 0. The van der Waals surface area contributed by atoms with Crippen LogP contribution in [0.3, 0.4) is 0 Å². The van der Waals surface area contributed by atoms with Crippen molar-refractivity contribution in [1.82, 2.24) is 0 Å². The molecule has 0 unspecified atom stereocenters. The summed E-state index contributed by atoms with van der Waals surface area (Å²) in [5.41, 5.74) is -0.773. The van der Waals surface area contributed by atoms with Gasteiger partial charge in [-0.25, -0.2) is 0 Å². The Bertz CT molecular complexity index is 664. The fraction of sp³-hybridized carbons (Fsp3) is 1.00. The number of aliphatic hydroxyl groups is 2. The van der Waals surface area contributed by atoms with Crippen molar-refractivity contribution in [2.24, 2.45) is 46.3 Å². The van der Waals surface area contributed by atoms with Gasteiger partial charge in [-0.3, -0.25) is 0 Å². The van der Waals surface area contributed by atoms with Crippen LogP contribution in [0.1, 0.15) is 127 Å². The molecule has 3 aliphatic carbocycles. The lowest BCUT2D eigenvalue weighted by atomic mass is 9.47. The van der Waals surface area contributed by atoms with Crippen LogP contribution < -0.4 is 0 Å². The van der Waals surface area contributed by atoms with Gasteiger partial charge in [-0.2, -0.15) is 0 Å². The minimum absolute atomic E-state index is 0.118. The Morgan fingerprint density at radius 3 is 2.15 bits per heavy atom. The average molecular weight is 479 g/mol. The van der Waals surface area contributed by atoms with E-state index in [1.165, 1.54) is 38.5 Å². The Hall–Kier alpha value is -0.120. The first-order valence-electron chi connectivity index (χ1n) is 14.7. The molecule has 0 aromatic rings. The van der Waals surface area contributed by atoms with Crippen molar-refractivity contribution in [1.29, 1.82) is 0 Å². The minimum Gasteiger partial charge on any atom is -0.396 e. The molecule has 0 bridgehead atoms. The molecule has 0 aliphatic heterocycles. The summed E-state index contributed by atoms with van der Waals surface area (Å²) in [7, 11) is 0. The summed E-state index contributed by atoms with van der Waals surface area (Å²) < 4.78 is 6.31. The summed E-state index contributed by atoms with van der Waals surface area (Å²) in [4.78, 5) is 0. The quantitative estimate of drug-likeness (QED) is 0.377. The maximum Gasteiger partial charge on any atom is 0.0700 e. The van der Waals surface area contributed by atoms with E-state index in [1.54, 1.807) is 0 Å². The lowest BCUT2D eigenvalue weighted by molar-refractivity contribution is -0.203. The molecular weight excluding hydrogens is 420 g/mol. The highest BCUT2D eigenvalue weighted by Crippen LogP contribution is 2.65. The molecule has 3 heteroatoms. The molecule has 9 atom stereocenters. The highest BCUT2D eigenvalue weighted by atomic mass is 16.5. The molecule has 0 aromatic heterocycles. The lowest BCUT2D eigenvalue weighted by Crippen LogP contribution is -2.59. The van der Waals surface area contributed by atoms with Gasteiger partial charge in [0, 0.05) is 13.0 Å². The molecule has 0 spiro atoms. The van der Waals surface area contributed by atoms with Gasteiger partial charge in [0.05, 0.1) is 17.3 Å². The zero-order valence-corrected chi connectivity index (χ0v) is 24.1. The smallest absolute Gasteiger partial charge is 0.0700 e. The first-order chi connectivity index (χ1) is 15.6. The third-order valence-electron chi connectivity index (χ3n) is 11.0. The lowest BCUT2D eigenvalue weighted by Gasteiger charge is -2.60. The van der Waals surface area contributed by atoms with Gasteiger partial charge in [-0.15, -0.1) is 0 Å². The predicted molar refractivity (Wildman–Crippen MR) is 143 cm³/mol. The van der Waals surface area contributed by atoms with Gasteiger partial charge in [-0.05, 0) is 113 Å². The SMILES string of the molecule is CC(C)CCC[C@@H](C)[C@H]1CC[C@H]2[C@@H](CO)[C@@H]([C@@]3(C)CC[C@H](OC(C)(C)C)C[C@]3(C)O)CC[C@]12C. The highest BCUT2D eigenvalue weighted by molar-refractivity contribution is 5.10. The molecular formula is C31H58O3. The van der Waals surface area contributed by atoms with Gasteiger partial charge in [-0.1, -0.05) is 53.9 Å². The number of aliphatic hydroxyl groups excluding tert-OH is 1. The fourth-order valence-electron chi connectivity index (χ4n) is 9.05. The number of hydrogen-bond acceptors (Lipinski definition) is 3. The van der Waals surface area contributed by atoms with E-state index in [2.05, 4.69) is 62.3 Å². The molecule has 0 heterocycles. The van der Waals surface area contributed by atoms with E-state index in [-0.39, 0.29) is 23.7 Å². The molecule has 2 N–H and O–H groups in total. The maximum absolute atomic E-state index is 11.9. The standard InChI is InChI=1S/C31H58O3/c1-21(2)11-10-12-22(3)25-13-14-26-24(20-32)27(16-17-29(25,26)7)30(8)18-15-23(19-31(30,9)33)34-28(4,5)6/h21-27,32-33H,10-20H2,1-9H3/t22-,23+,24-,25-,26+,27+,29-,30-,31+/m1/s1. The van der Waals surface area contributed by atoms with Crippen molar-refractivity contribution in [3.8, 4) is 0 Å². The second-order valence-corrected chi connectivity index (χ2v) is 14.9. The number of fused-ring (bicyclic) bond motifs is 1. The maximum atomic E-state index is 11.9. The molecule has 0 aromatic carbocycles. The normalized spacial score (nSPS) is 44.3. The van der Waals surface area contributed by atoms with Crippen molar-refractivity contribution in [3.05, 3.63) is 0 Å². The summed E-state index contributed by atoms with van der Waals surface area (Å²) in [5.74, 6) is 3.63. The van der Waals surface area contributed by atoms with Crippen LogP contribution in [0.15, 0.2) is 0 Å². The van der Waals surface area contributed by atoms with E-state index in [0.29, 0.717) is 29.6 Å². The van der Waals surface area contributed by atoms with Gasteiger partial charge in [0.25, 0.3) is 0 Å². The Labute approximate surface area is 211 Å². The van der Waals surface area contributed by atoms with Gasteiger partial charge >= 0.3 is 0 Å². The minimum atomic E-state index is -0.769. The molecule has 0 saturated heterocycles. The zero-order valence-electron chi connectivity index (χ0n) is 24.1. The van der Waals surface area contributed by atoms with Crippen LogP contribution in [0.2, 0.25) is 0 Å². The van der Waals surface area contributed by atoms with Crippen LogP contribution in [0.5, 0.6) is 0 Å². The van der Waals surface area contributed by atoms with Gasteiger partial charge in [0.1, 0.15) is 0 Å². The van der Waals surface area contributed by atoms with Gasteiger partial charge < -0.3 is 14.9 Å². The van der Waals surface area contributed by atoms with Crippen molar-refractivity contribution in [2.75, 3.05) is 6.61 Å². The molecule has 3 fully saturated rings. The van der Waals surface area contributed by atoms with Crippen LogP contribution in [0.25, 0.3) is 0 Å². The van der Waals surface area contributed by atoms with Crippen LogP contribution >= 0.6 is 0 Å². The molecule has 200 valence electrons. The van der Waals surface area contributed by atoms with E-state index in [0.717, 1.165) is 37.0 Å². The first-order valence-corrected chi connectivity index (χ1v) is 14.7. The Morgan fingerprint density at radius 2 is 1.59 bits per heavy atom. The summed E-state index contributed by atoms with van der Waals surface area (Å²) in [6.45, 7) is 20.7. The Morgan fingerprint density at radius 1 is 0.912 bits per heavy atom.